The van der Waals surface area contributed by atoms with Crippen LogP contribution in [0.1, 0.15) is 110 Å². The number of aryl methyl sites for hydroxylation is 1. The van der Waals surface area contributed by atoms with Crippen LogP contribution in [0.4, 0.5) is 22.7 Å². The number of para-hydroxylation sites is 4. The van der Waals surface area contributed by atoms with Crippen LogP contribution in [0.5, 0.6) is 11.5 Å². The number of nitrogens with zero attached hydrogens (tertiary/aromatic N) is 4. The molecule has 0 N–H and O–H groups in total. The Bertz CT molecular complexity index is 5090. The fourth-order valence-corrected chi connectivity index (χ4v) is 15.1. The second-order valence-electron chi connectivity index (χ2n) is 27.4. The third kappa shape index (κ3) is 8.61. The highest BCUT2D eigenvalue weighted by Gasteiger charge is 2.53. The zero-order valence-electron chi connectivity index (χ0n) is 55.2. The molecule has 0 radical (unpaired) electrons. The fourth-order valence-electron chi connectivity index (χ4n) is 15.1. The van der Waals surface area contributed by atoms with E-state index in [9.17, 15) is 0 Å². The summed E-state index contributed by atoms with van der Waals surface area (Å²) < 4.78 is 33.1. The van der Waals surface area contributed by atoms with Crippen molar-refractivity contribution in [3.8, 4) is 61.8 Å². The zero-order valence-corrected chi connectivity index (χ0v) is 52.2. The first-order valence-electron chi connectivity index (χ1n) is 33.0. The smallest absolute Gasteiger partial charge is 0.137 e. The largest absolute Gasteiger partial charge is 0.457 e. The Balaban J connectivity index is 0.810. The first-order valence-corrected chi connectivity index (χ1v) is 31.5. The topological polar surface area (TPSA) is 33.5 Å². The first-order chi connectivity index (χ1) is 44.7. The fraction of sp³-hybridized carbons (Fsp3) is 0.165. The van der Waals surface area contributed by atoms with Crippen molar-refractivity contribution in [2.75, 3.05) is 16.5 Å². The molecular weight excluding hydrogens is 1090 g/mol. The third-order valence-corrected chi connectivity index (χ3v) is 19.6. The van der Waals surface area contributed by atoms with Crippen molar-refractivity contribution in [3.05, 3.63) is 311 Å². The van der Waals surface area contributed by atoms with Crippen LogP contribution in [-0.4, -0.2) is 16.2 Å². The molecule has 0 fully saturated rings. The highest BCUT2D eigenvalue weighted by molar-refractivity contribution is 6.09. The van der Waals surface area contributed by atoms with Crippen LogP contribution in [0.3, 0.4) is 0 Å². The molecule has 5 heteroatoms. The summed E-state index contributed by atoms with van der Waals surface area (Å²) in [5.74, 6) is 2.15. The predicted molar refractivity (Wildman–Crippen MR) is 375 cm³/mol. The van der Waals surface area contributed by atoms with Gasteiger partial charge in [0.05, 0.1) is 33.5 Å². The summed E-state index contributed by atoms with van der Waals surface area (Å²) in [4.78, 5) is 9.98. The van der Waals surface area contributed by atoms with E-state index in [1.165, 1.54) is 66.8 Å². The summed E-state index contributed by atoms with van der Waals surface area (Å²) in [6.45, 7) is 17.1. The summed E-state index contributed by atoms with van der Waals surface area (Å²) in [6.07, 6.45) is 1.82. The Morgan fingerprint density at radius 1 is 0.422 bits per heavy atom. The number of pyridine rings is 1. The van der Waals surface area contributed by atoms with Gasteiger partial charge in [-0.15, -0.1) is 0 Å². The molecule has 90 heavy (non-hydrogen) atoms. The van der Waals surface area contributed by atoms with E-state index in [-0.39, 0.29) is 16.2 Å². The van der Waals surface area contributed by atoms with Gasteiger partial charge in [-0.25, -0.2) is 4.98 Å². The van der Waals surface area contributed by atoms with E-state index in [1.807, 2.05) is 30.5 Å². The molecule has 1 aliphatic heterocycles. The number of hydrogen-bond acceptors (Lipinski definition) is 4. The van der Waals surface area contributed by atoms with E-state index in [2.05, 4.69) is 282 Å². The van der Waals surface area contributed by atoms with E-state index in [4.69, 9.17) is 13.8 Å². The molecule has 0 amide bonds. The normalized spacial score (nSPS) is 15.0. The quantitative estimate of drug-likeness (QED) is 0.152. The summed E-state index contributed by atoms with van der Waals surface area (Å²) in [5, 5.41) is 2.18. The van der Waals surface area contributed by atoms with Gasteiger partial charge < -0.3 is 14.5 Å². The number of fused-ring (bicyclic) bond motifs is 13. The second kappa shape index (κ2) is 20.4. The molecule has 0 saturated heterocycles. The minimum Gasteiger partial charge on any atom is -0.457 e. The van der Waals surface area contributed by atoms with E-state index >= 15 is 0 Å². The van der Waals surface area contributed by atoms with Gasteiger partial charge in [-0.1, -0.05) is 243 Å². The number of benzene rings is 11. The molecule has 2 aliphatic carbocycles. The minimum absolute atomic E-state index is 0.0961. The van der Waals surface area contributed by atoms with Gasteiger partial charge in [-0.2, -0.15) is 0 Å². The van der Waals surface area contributed by atoms with Crippen LogP contribution in [-0.2, 0) is 21.7 Å². The lowest BCUT2D eigenvalue weighted by Crippen LogP contribution is -2.40. The molecule has 1 spiro atoms. The van der Waals surface area contributed by atoms with E-state index in [1.54, 1.807) is 18.2 Å². The van der Waals surface area contributed by atoms with Crippen LogP contribution in [0.25, 0.3) is 72.1 Å². The molecule has 0 atom stereocenters. The van der Waals surface area contributed by atoms with Gasteiger partial charge in [0.2, 0.25) is 0 Å². The maximum absolute atomic E-state index is 8.00. The molecule has 438 valence electrons. The van der Waals surface area contributed by atoms with Crippen molar-refractivity contribution in [2.45, 2.75) is 83.9 Å². The third-order valence-electron chi connectivity index (χ3n) is 19.6. The number of anilines is 4. The van der Waals surface area contributed by atoms with Gasteiger partial charge in [0.15, 0.2) is 0 Å². The molecule has 11 aromatic carbocycles. The standard InChI is InChI=1S/C85H72N4O/c1-54-23-20-24-55(45-54)57-40-44-80(86-52-57)89-76-36-17-11-28-67(76)68-42-41-63(51-79(68)89)90-62-26-21-25-61(50-62)87-53-88(78-38-19-18-37-77(78)87)81-64(29-22-30-65(81)58-46-59(82(2,3)4)49-60(47-58)83(5,6)7)56-39-43-71-69(48-56)66-27-10-12-31-70(66)85(71)74-34-15-13-32-72(74)84(8,9)73-33-14-16-35-75(73)85/h10-52H,53H2,1-9H3/i1D3. The summed E-state index contributed by atoms with van der Waals surface area (Å²) in [7, 11) is 0. The Labute approximate surface area is 533 Å². The second-order valence-corrected chi connectivity index (χ2v) is 27.4. The Morgan fingerprint density at radius 3 is 1.72 bits per heavy atom. The summed E-state index contributed by atoms with van der Waals surface area (Å²) >= 11 is 0. The van der Waals surface area contributed by atoms with Crippen molar-refractivity contribution < 1.29 is 8.85 Å². The van der Waals surface area contributed by atoms with Gasteiger partial charge in [0, 0.05) is 61.0 Å². The van der Waals surface area contributed by atoms with Crippen molar-refractivity contribution in [1.82, 2.24) is 9.55 Å². The predicted octanol–water partition coefficient (Wildman–Crippen LogP) is 22.1. The van der Waals surface area contributed by atoms with E-state index < -0.39 is 12.3 Å². The summed E-state index contributed by atoms with van der Waals surface area (Å²) in [6, 6.07) is 92.3. The van der Waals surface area contributed by atoms with Crippen LogP contribution in [0.15, 0.2) is 261 Å². The molecule has 3 heterocycles. The average molecular weight is 1170 g/mol. The zero-order chi connectivity index (χ0) is 63.9. The molecule has 3 aliphatic rings. The van der Waals surface area contributed by atoms with Crippen molar-refractivity contribution in [2.24, 2.45) is 0 Å². The monoisotopic (exact) mass is 1170 g/mol. The maximum atomic E-state index is 8.00. The Morgan fingerprint density at radius 2 is 1.01 bits per heavy atom. The van der Waals surface area contributed by atoms with Crippen LogP contribution in [0.2, 0.25) is 0 Å². The SMILES string of the molecule is [2H]C([2H])([2H])c1cccc(-c2ccc(-n3c4ccccc4c4ccc(Oc5cccc(N6CN(c7c(-c8cc(C(C)(C)C)cc(C(C)(C)C)c8)cccc7-c7ccc8c(c7)-c7ccccc7C87c8ccccc8C(C)(C)c8ccccc87)c7ccccc76)c5)cc43)nc2)c1. The lowest BCUT2D eigenvalue weighted by atomic mass is 9.55. The highest BCUT2D eigenvalue weighted by Crippen LogP contribution is 2.63. The molecule has 0 bridgehead atoms. The van der Waals surface area contributed by atoms with Crippen LogP contribution >= 0.6 is 0 Å². The number of aromatic nitrogens is 2. The molecule has 5 nitrogen and oxygen atoms in total. The lowest BCUT2D eigenvalue weighted by molar-refractivity contribution is 0.483. The van der Waals surface area contributed by atoms with Gasteiger partial charge in [-0.05, 0) is 151 Å². The van der Waals surface area contributed by atoms with Gasteiger partial charge in [-0.3, -0.25) is 4.57 Å². The van der Waals surface area contributed by atoms with E-state index in [0.29, 0.717) is 23.7 Å². The lowest BCUT2D eigenvalue weighted by Gasteiger charge is -2.46. The highest BCUT2D eigenvalue weighted by atomic mass is 16.5. The number of hydrogen-bond donors (Lipinski definition) is 0. The van der Waals surface area contributed by atoms with Gasteiger partial charge >= 0.3 is 0 Å². The number of ether oxygens (including phenoxy) is 1. The van der Waals surface area contributed by atoms with E-state index in [0.717, 1.165) is 72.6 Å². The molecule has 2 aromatic heterocycles. The first kappa shape index (κ1) is 51.8. The molecule has 16 rings (SSSR count). The minimum atomic E-state index is -2.20. The molecular formula is C85H72N4O. The molecule has 0 unspecified atom stereocenters. The van der Waals surface area contributed by atoms with Crippen LogP contribution < -0.4 is 14.5 Å². The van der Waals surface area contributed by atoms with Gasteiger partial charge in [0.25, 0.3) is 0 Å². The average Bonchev–Trinajstić information content (AvgIpc) is 1.58. The molecule has 13 aromatic rings. The van der Waals surface area contributed by atoms with Crippen molar-refractivity contribution in [1.29, 1.82) is 0 Å². The molecule has 0 saturated carbocycles. The number of rotatable bonds is 8. The summed E-state index contributed by atoms with van der Waals surface area (Å²) in [5.41, 5.74) is 25.3. The van der Waals surface area contributed by atoms with Crippen LogP contribution in [0, 0.1) is 6.85 Å². The Kier molecular flexibility index (Phi) is 11.7. The van der Waals surface area contributed by atoms with Gasteiger partial charge in [0.1, 0.15) is 24.0 Å². The Hall–Kier alpha value is -10.2. The van der Waals surface area contributed by atoms with Crippen molar-refractivity contribution >= 4 is 44.6 Å². The van der Waals surface area contributed by atoms with Crippen molar-refractivity contribution in [3.63, 3.8) is 0 Å². The maximum Gasteiger partial charge on any atom is 0.137 e.